The van der Waals surface area contributed by atoms with Crippen LogP contribution in [0.15, 0.2) is 48.6 Å². The van der Waals surface area contributed by atoms with Crippen molar-refractivity contribution in [1.82, 2.24) is 0 Å². The summed E-state index contributed by atoms with van der Waals surface area (Å²) in [5.74, 6) is 0. The Bertz CT molecular complexity index is 753. The van der Waals surface area contributed by atoms with E-state index < -0.39 is 16.6 Å². The monoisotopic (exact) mass is 474 g/mol. The van der Waals surface area contributed by atoms with Crippen molar-refractivity contribution in [3.05, 3.63) is 54.1 Å². The van der Waals surface area contributed by atoms with Gasteiger partial charge in [-0.05, 0) is 54.3 Å². The summed E-state index contributed by atoms with van der Waals surface area (Å²) >= 11 is 0. The third-order valence-electron chi connectivity index (χ3n) is 6.93. The van der Waals surface area contributed by atoms with Gasteiger partial charge in [-0.3, -0.25) is 4.79 Å². The first-order valence-electron chi connectivity index (χ1n) is 11.8. The van der Waals surface area contributed by atoms with Gasteiger partial charge >= 0.3 is 0 Å². The number of carbonyl (C=O) groups excluding carboxylic acids is 1. The Labute approximate surface area is 199 Å². The zero-order valence-electron chi connectivity index (χ0n) is 22.1. The SMILES string of the molecule is CC(C)(C)[Si](C)(C)O[C@@H](C/C=C/C=O)C[C@H](/C=C/c1ccccc1)O[Si](C)(C)C(C)(C)C. The number of hydrogen-bond acceptors (Lipinski definition) is 3. The van der Waals surface area contributed by atoms with Crippen LogP contribution in [0.25, 0.3) is 6.08 Å². The van der Waals surface area contributed by atoms with Crippen molar-refractivity contribution in [2.24, 2.45) is 0 Å². The average Bonchev–Trinajstić information content (AvgIpc) is 2.64. The molecule has 0 spiro atoms. The van der Waals surface area contributed by atoms with Crippen molar-refractivity contribution in [1.29, 1.82) is 0 Å². The molecule has 2 atom stereocenters. The van der Waals surface area contributed by atoms with Gasteiger partial charge in [0, 0.05) is 6.42 Å². The van der Waals surface area contributed by atoms with Crippen LogP contribution >= 0.6 is 0 Å². The van der Waals surface area contributed by atoms with E-state index >= 15 is 0 Å². The van der Waals surface area contributed by atoms with Crippen molar-refractivity contribution in [3.63, 3.8) is 0 Å². The number of allylic oxidation sites excluding steroid dienone is 1. The maximum absolute atomic E-state index is 10.9. The van der Waals surface area contributed by atoms with Crippen LogP contribution in [0.4, 0.5) is 0 Å². The van der Waals surface area contributed by atoms with Crippen molar-refractivity contribution in [3.8, 4) is 0 Å². The van der Waals surface area contributed by atoms with E-state index in [0.717, 1.165) is 12.7 Å². The van der Waals surface area contributed by atoms with Crippen molar-refractivity contribution < 1.29 is 13.6 Å². The number of hydrogen-bond donors (Lipinski definition) is 0. The lowest BCUT2D eigenvalue weighted by Gasteiger charge is -2.42. The van der Waals surface area contributed by atoms with Gasteiger partial charge in [-0.2, -0.15) is 0 Å². The molecule has 0 aliphatic heterocycles. The molecule has 0 bridgehead atoms. The zero-order chi connectivity index (χ0) is 24.6. The summed E-state index contributed by atoms with van der Waals surface area (Å²) in [6, 6.07) is 10.4. The van der Waals surface area contributed by atoms with Gasteiger partial charge < -0.3 is 8.85 Å². The van der Waals surface area contributed by atoms with Crippen LogP contribution in [0.2, 0.25) is 36.3 Å². The lowest BCUT2D eigenvalue weighted by atomic mass is 10.1. The molecule has 0 heterocycles. The second-order valence-electron chi connectivity index (χ2n) is 11.7. The summed E-state index contributed by atoms with van der Waals surface area (Å²) in [4.78, 5) is 10.9. The molecule has 0 saturated carbocycles. The van der Waals surface area contributed by atoms with Crippen LogP contribution in [0.1, 0.15) is 59.9 Å². The zero-order valence-corrected chi connectivity index (χ0v) is 24.1. The molecular weight excluding hydrogens is 428 g/mol. The van der Waals surface area contributed by atoms with Crippen molar-refractivity contribution in [2.45, 2.75) is 103 Å². The summed E-state index contributed by atoms with van der Waals surface area (Å²) in [6.45, 7) is 22.8. The molecule has 0 aliphatic carbocycles. The van der Waals surface area contributed by atoms with E-state index in [4.69, 9.17) is 8.85 Å². The van der Waals surface area contributed by atoms with Gasteiger partial charge in [0.05, 0.1) is 12.2 Å². The van der Waals surface area contributed by atoms with Crippen molar-refractivity contribution in [2.75, 3.05) is 0 Å². The molecule has 1 rings (SSSR count). The van der Waals surface area contributed by atoms with Crippen LogP contribution in [0, 0.1) is 0 Å². The lowest BCUT2D eigenvalue weighted by Crippen LogP contribution is -2.47. The number of aldehydes is 1. The fraction of sp³-hybridized carbons (Fsp3) is 0.593. The van der Waals surface area contributed by atoms with E-state index in [1.807, 2.05) is 12.1 Å². The highest BCUT2D eigenvalue weighted by atomic mass is 28.4. The van der Waals surface area contributed by atoms with Gasteiger partial charge in [-0.15, -0.1) is 0 Å². The molecular formula is C27H46O3Si2. The maximum atomic E-state index is 10.9. The summed E-state index contributed by atoms with van der Waals surface area (Å²) in [5, 5.41) is 0.244. The fourth-order valence-electron chi connectivity index (χ4n) is 2.83. The average molecular weight is 475 g/mol. The summed E-state index contributed by atoms with van der Waals surface area (Å²) in [7, 11) is -3.94. The Hall–Kier alpha value is -1.28. The van der Waals surface area contributed by atoms with E-state index in [1.54, 1.807) is 6.08 Å². The second-order valence-corrected chi connectivity index (χ2v) is 21.2. The molecule has 0 N–H and O–H groups in total. The minimum Gasteiger partial charge on any atom is -0.414 e. The van der Waals surface area contributed by atoms with Gasteiger partial charge in [0.2, 0.25) is 0 Å². The molecule has 1 aromatic carbocycles. The topological polar surface area (TPSA) is 35.5 Å². The van der Waals surface area contributed by atoms with Crippen LogP contribution in [0.3, 0.4) is 0 Å². The van der Waals surface area contributed by atoms with Gasteiger partial charge in [-0.1, -0.05) is 90.1 Å². The maximum Gasteiger partial charge on any atom is 0.192 e. The highest BCUT2D eigenvalue weighted by molar-refractivity contribution is 6.74. The summed E-state index contributed by atoms with van der Waals surface area (Å²) in [6.07, 6.45) is 10.1. The largest absolute Gasteiger partial charge is 0.414 e. The van der Waals surface area contributed by atoms with Crippen LogP contribution in [-0.4, -0.2) is 35.1 Å². The third-order valence-corrected chi connectivity index (χ3v) is 16.0. The molecule has 3 nitrogen and oxygen atoms in total. The molecule has 0 aliphatic rings. The van der Waals surface area contributed by atoms with E-state index in [-0.39, 0.29) is 22.3 Å². The van der Waals surface area contributed by atoms with Crippen molar-refractivity contribution >= 4 is 29.0 Å². The first-order valence-corrected chi connectivity index (χ1v) is 17.6. The number of benzene rings is 1. The molecule has 1 aromatic rings. The molecule has 0 fully saturated rings. The molecule has 5 heteroatoms. The van der Waals surface area contributed by atoms with Gasteiger partial charge in [0.15, 0.2) is 16.6 Å². The first-order chi connectivity index (χ1) is 14.6. The lowest BCUT2D eigenvalue weighted by molar-refractivity contribution is -0.104. The third kappa shape index (κ3) is 9.30. The van der Waals surface area contributed by atoms with Gasteiger partial charge in [0.1, 0.15) is 6.29 Å². The predicted octanol–water partition coefficient (Wildman–Crippen LogP) is 8.02. The standard InChI is InChI=1S/C27H46O3Si2/c1-26(2,3)31(7,8)29-24(18-14-15-21-28)22-25(30-32(9,10)27(4,5)6)20-19-23-16-12-11-13-17-23/h11-17,19-21,24-25H,18,22H2,1-10H3/b15-14+,20-19+/t24-,25-/m0/s1. The molecule has 0 saturated heterocycles. The van der Waals surface area contributed by atoms with E-state index in [0.29, 0.717) is 6.42 Å². The van der Waals surface area contributed by atoms with Crippen LogP contribution in [0.5, 0.6) is 0 Å². The molecule has 0 radical (unpaired) electrons. The molecule has 0 unspecified atom stereocenters. The minimum atomic E-state index is -1.98. The normalized spacial score (nSPS) is 15.9. The van der Waals surface area contributed by atoms with E-state index in [2.05, 4.69) is 104 Å². The Balaban J connectivity index is 3.22. The molecule has 0 aromatic heterocycles. The molecule has 32 heavy (non-hydrogen) atoms. The van der Waals surface area contributed by atoms with E-state index in [1.165, 1.54) is 5.56 Å². The fourth-order valence-corrected chi connectivity index (χ4v) is 5.50. The first kappa shape index (κ1) is 28.8. The van der Waals surface area contributed by atoms with Crippen LogP contribution < -0.4 is 0 Å². The quantitative estimate of drug-likeness (QED) is 0.185. The number of carbonyl (C=O) groups is 1. The highest BCUT2D eigenvalue weighted by Gasteiger charge is 2.41. The van der Waals surface area contributed by atoms with Gasteiger partial charge in [0.25, 0.3) is 0 Å². The van der Waals surface area contributed by atoms with Crippen LogP contribution in [-0.2, 0) is 13.6 Å². The Morgan fingerprint density at radius 2 is 1.41 bits per heavy atom. The van der Waals surface area contributed by atoms with Gasteiger partial charge in [-0.25, -0.2) is 0 Å². The molecule has 180 valence electrons. The predicted molar refractivity (Wildman–Crippen MR) is 144 cm³/mol. The Morgan fingerprint density at radius 3 is 1.91 bits per heavy atom. The Kier molecular flexibility index (Phi) is 10.5. The van der Waals surface area contributed by atoms with E-state index in [9.17, 15) is 4.79 Å². The summed E-state index contributed by atoms with van der Waals surface area (Å²) in [5.41, 5.74) is 1.17. The smallest absolute Gasteiger partial charge is 0.192 e. The summed E-state index contributed by atoms with van der Waals surface area (Å²) < 4.78 is 13.7. The Morgan fingerprint density at radius 1 is 0.875 bits per heavy atom. The second kappa shape index (κ2) is 11.7. The molecule has 0 amide bonds. The number of rotatable bonds is 11. The minimum absolute atomic E-state index is 0.00211. The highest BCUT2D eigenvalue weighted by Crippen LogP contribution is 2.40.